The predicted octanol–water partition coefficient (Wildman–Crippen LogP) is 3.08. The zero-order valence-corrected chi connectivity index (χ0v) is 6.62. The van der Waals surface area contributed by atoms with Gasteiger partial charge in [0.15, 0.2) is 0 Å². The van der Waals surface area contributed by atoms with Gasteiger partial charge in [-0.3, -0.25) is 0 Å². The van der Waals surface area contributed by atoms with E-state index in [-0.39, 0.29) is 0 Å². The predicted molar refractivity (Wildman–Crippen MR) is 41.3 cm³/mol. The van der Waals surface area contributed by atoms with Crippen LogP contribution in [-0.2, 0) is 0 Å². The molecule has 54 valence electrons. The molecule has 0 unspecified atom stereocenters. The molecule has 0 spiro atoms. The summed E-state index contributed by atoms with van der Waals surface area (Å²) in [5, 5.41) is 0. The van der Waals surface area contributed by atoms with E-state index in [1.165, 1.54) is 0 Å². The summed E-state index contributed by atoms with van der Waals surface area (Å²) in [4.78, 5) is 0. The lowest BCUT2D eigenvalue weighted by Gasteiger charge is -2.28. The minimum absolute atomic E-state index is 0.578. The van der Waals surface area contributed by atoms with Gasteiger partial charge in [0.2, 0.25) is 0 Å². The second-order valence-electron chi connectivity index (χ2n) is 3.40. The van der Waals surface area contributed by atoms with Gasteiger partial charge in [-0.15, -0.1) is 0 Å². The van der Waals surface area contributed by atoms with Crippen molar-refractivity contribution in [2.75, 3.05) is 0 Å². The normalized spacial score (nSPS) is 74.3. The van der Waals surface area contributed by atoms with Crippen LogP contribution in [0.1, 0.15) is 44.1 Å². The van der Waals surface area contributed by atoms with Crippen molar-refractivity contribution >= 4 is 0 Å². The molecule has 0 N–H and O–H groups in total. The minimum Gasteiger partial charge on any atom is -0.0625 e. The molecule has 0 amide bonds. The van der Waals surface area contributed by atoms with Gasteiger partial charge < -0.3 is 0 Å². The maximum absolute atomic E-state index is 7.90. The van der Waals surface area contributed by atoms with Gasteiger partial charge in [0.1, 0.15) is 0 Å². The summed E-state index contributed by atoms with van der Waals surface area (Å²) < 4.78 is 23.7. The van der Waals surface area contributed by atoms with Gasteiger partial charge in [-0.25, -0.2) is 0 Å². The van der Waals surface area contributed by atoms with E-state index < -0.39 is 17.7 Å². The Hall–Kier alpha value is 0. The summed E-state index contributed by atoms with van der Waals surface area (Å²) in [6.07, 6.45) is 1.78. The Bertz CT molecular complexity index is 137. The molecular weight excluding hydrogens is 108 g/mol. The molecule has 1 fully saturated rings. The molecule has 0 aromatic carbocycles. The van der Waals surface area contributed by atoms with Crippen LogP contribution in [0.15, 0.2) is 0 Å². The topological polar surface area (TPSA) is 0 Å². The molecule has 0 nitrogen and oxygen atoms in total. The quantitative estimate of drug-likeness (QED) is 0.471. The highest BCUT2D eigenvalue weighted by atomic mass is 14.3. The zero-order chi connectivity index (χ0) is 9.62. The maximum atomic E-state index is 7.90. The third-order valence-corrected chi connectivity index (χ3v) is 1.81. The molecule has 0 aliphatic heterocycles. The van der Waals surface area contributed by atoms with Gasteiger partial charge in [-0.05, 0) is 36.9 Å². The van der Waals surface area contributed by atoms with Gasteiger partial charge in [0.05, 0.1) is 0 Å². The van der Waals surface area contributed by atoms with Crippen LogP contribution in [0.4, 0.5) is 0 Å². The third-order valence-electron chi connectivity index (χ3n) is 1.81. The molecule has 0 atom stereocenters. The average Bonchev–Trinajstić information content (AvgIpc) is 1.44. The molecule has 1 rings (SSSR count). The lowest BCUT2D eigenvalue weighted by Crippen LogP contribution is -2.16. The molecule has 0 aromatic rings. The zero-order valence-electron chi connectivity index (χ0n) is 9.62. The fourth-order valence-corrected chi connectivity index (χ4v) is 1.73. The van der Waals surface area contributed by atoms with E-state index in [1.54, 1.807) is 0 Å². The van der Waals surface area contributed by atoms with E-state index in [1.807, 2.05) is 20.8 Å². The van der Waals surface area contributed by atoms with Crippen molar-refractivity contribution in [1.29, 1.82) is 0 Å². The van der Waals surface area contributed by atoms with Crippen LogP contribution in [0.25, 0.3) is 0 Å². The first-order valence-electron chi connectivity index (χ1n) is 5.12. The summed E-state index contributed by atoms with van der Waals surface area (Å²) in [6.45, 7) is 5.52. The van der Waals surface area contributed by atoms with Crippen molar-refractivity contribution < 1.29 is 4.11 Å². The molecule has 0 radical (unpaired) electrons. The number of rotatable bonds is 0. The van der Waals surface area contributed by atoms with Crippen LogP contribution in [0, 0.1) is 17.7 Å². The Morgan fingerprint density at radius 3 is 1.33 bits per heavy atom. The lowest BCUT2D eigenvalue weighted by molar-refractivity contribution is 0.233. The Morgan fingerprint density at radius 2 is 1.11 bits per heavy atom. The van der Waals surface area contributed by atoms with Crippen molar-refractivity contribution in [1.82, 2.24) is 0 Å². The number of hydrogen-bond acceptors (Lipinski definition) is 0. The molecule has 1 aliphatic carbocycles. The maximum Gasteiger partial charge on any atom is 0.0300 e. The van der Waals surface area contributed by atoms with E-state index in [2.05, 4.69) is 0 Å². The van der Waals surface area contributed by atoms with Crippen LogP contribution in [0.3, 0.4) is 0 Å². The highest BCUT2D eigenvalue weighted by molar-refractivity contribution is 4.71. The van der Waals surface area contributed by atoms with E-state index >= 15 is 0 Å². The summed E-state index contributed by atoms with van der Waals surface area (Å²) in [5.41, 5.74) is 0. The molecule has 0 saturated heterocycles. The van der Waals surface area contributed by atoms with Crippen molar-refractivity contribution in [2.45, 2.75) is 40.0 Å². The molecule has 1 aliphatic rings. The van der Waals surface area contributed by atoms with Gasteiger partial charge in [0.25, 0.3) is 0 Å². The molecule has 0 bridgehead atoms. The average molecular weight is 129 g/mol. The Morgan fingerprint density at radius 1 is 0.889 bits per heavy atom. The van der Waals surface area contributed by atoms with E-state index in [0.717, 1.165) is 0 Å². The van der Waals surface area contributed by atoms with E-state index in [9.17, 15) is 0 Å². The van der Waals surface area contributed by atoms with Crippen molar-refractivity contribution in [3.63, 3.8) is 0 Å². The smallest absolute Gasteiger partial charge is 0.0300 e. The van der Waals surface area contributed by atoms with Crippen molar-refractivity contribution in [3.05, 3.63) is 0 Å². The highest BCUT2D eigenvalue weighted by Crippen LogP contribution is 2.31. The Kier molecular flexibility index (Phi) is 1.21. The van der Waals surface area contributed by atoms with Crippen LogP contribution in [0.5, 0.6) is 0 Å². The summed E-state index contributed by atoms with van der Waals surface area (Å²) >= 11 is 0. The lowest BCUT2D eigenvalue weighted by atomic mass is 9.78. The standard InChI is InChI=1S/C9H18/c1-7-4-8(2)6-9(3)5-7/h7-9H,4-6H2,1-3H3/i7D,8D,9D. The SMILES string of the molecule is [2H]C1(C)CC([2H])(C)CC([2H])(C)C1. The third kappa shape index (κ3) is 2.00. The molecule has 9 heavy (non-hydrogen) atoms. The fraction of sp³-hybridized carbons (Fsp3) is 1.00. The van der Waals surface area contributed by atoms with Gasteiger partial charge in [-0.1, -0.05) is 20.8 Å². The monoisotopic (exact) mass is 129 g/mol. The first-order chi connectivity index (χ1) is 5.12. The fourth-order valence-electron chi connectivity index (χ4n) is 1.73. The van der Waals surface area contributed by atoms with Gasteiger partial charge >= 0.3 is 0 Å². The molecule has 0 heterocycles. The number of hydrogen-bond donors (Lipinski definition) is 0. The van der Waals surface area contributed by atoms with Gasteiger partial charge in [-0.2, -0.15) is 0 Å². The van der Waals surface area contributed by atoms with Crippen molar-refractivity contribution in [2.24, 2.45) is 17.7 Å². The van der Waals surface area contributed by atoms with Crippen LogP contribution in [0.2, 0.25) is 0 Å². The van der Waals surface area contributed by atoms with E-state index in [4.69, 9.17) is 4.11 Å². The van der Waals surface area contributed by atoms with Crippen LogP contribution in [-0.4, -0.2) is 0 Å². The second kappa shape index (κ2) is 2.72. The van der Waals surface area contributed by atoms with Crippen LogP contribution >= 0.6 is 0 Å². The molecule has 0 heteroatoms. The Labute approximate surface area is 62.9 Å². The molecular formula is C9H18. The minimum atomic E-state index is -0.578. The Balaban J connectivity index is 2.81. The first kappa shape index (κ1) is 4.00. The first-order valence-corrected chi connectivity index (χ1v) is 3.62. The largest absolute Gasteiger partial charge is 0.0625 e. The summed E-state index contributed by atoms with van der Waals surface area (Å²) in [6, 6.07) is 0. The highest BCUT2D eigenvalue weighted by Gasteiger charge is 2.19. The summed E-state index contributed by atoms with van der Waals surface area (Å²) in [7, 11) is 0. The van der Waals surface area contributed by atoms with Crippen LogP contribution < -0.4 is 0 Å². The molecule has 0 aromatic heterocycles. The molecule has 1 saturated carbocycles. The second-order valence-corrected chi connectivity index (χ2v) is 3.40. The van der Waals surface area contributed by atoms with E-state index in [0.29, 0.717) is 19.3 Å². The summed E-state index contributed by atoms with van der Waals surface area (Å²) in [5.74, 6) is -1.73. The van der Waals surface area contributed by atoms with Crippen molar-refractivity contribution in [3.8, 4) is 0 Å². The van der Waals surface area contributed by atoms with Gasteiger partial charge in [0, 0.05) is 4.11 Å².